The summed E-state index contributed by atoms with van der Waals surface area (Å²) in [6.45, 7) is 4.97. The minimum Gasteiger partial charge on any atom is -0.508 e. The van der Waals surface area contributed by atoms with Gasteiger partial charge in [-0.05, 0) is 50.1 Å². The summed E-state index contributed by atoms with van der Waals surface area (Å²) < 4.78 is 2.08. The van der Waals surface area contributed by atoms with E-state index in [4.69, 9.17) is 4.99 Å². The molecule has 0 fully saturated rings. The first-order valence-corrected chi connectivity index (χ1v) is 9.46. The van der Waals surface area contributed by atoms with Gasteiger partial charge in [0.15, 0.2) is 11.7 Å². The van der Waals surface area contributed by atoms with E-state index in [9.17, 15) is 5.11 Å². The number of pyridine rings is 1. The molecule has 1 unspecified atom stereocenters. The smallest absolute Gasteiger partial charge is 0.165 e. The van der Waals surface area contributed by atoms with Crippen molar-refractivity contribution < 1.29 is 5.11 Å². The Morgan fingerprint density at radius 2 is 1.96 bits per heavy atom. The Balaban J connectivity index is 1.61. The van der Waals surface area contributed by atoms with Gasteiger partial charge in [-0.1, -0.05) is 18.2 Å². The maximum absolute atomic E-state index is 9.42. The van der Waals surface area contributed by atoms with Crippen LogP contribution in [0.25, 0.3) is 5.82 Å². The van der Waals surface area contributed by atoms with Crippen LogP contribution in [0.4, 0.5) is 0 Å². The van der Waals surface area contributed by atoms with Gasteiger partial charge in [-0.2, -0.15) is 0 Å². The van der Waals surface area contributed by atoms with E-state index in [0.717, 1.165) is 40.9 Å². The zero-order chi connectivity index (χ0) is 19.5. The SMILES string of the molecule is CC(C)n1cnc2c1=NC(c1ccccn1)NC=2NCCc1ccc(O)cc1. The average molecular weight is 376 g/mol. The number of phenols is 1. The monoisotopic (exact) mass is 376 g/mol. The van der Waals surface area contributed by atoms with Crippen molar-refractivity contribution in [2.75, 3.05) is 6.54 Å². The lowest BCUT2D eigenvalue weighted by Gasteiger charge is -2.22. The molecule has 7 nitrogen and oxygen atoms in total. The van der Waals surface area contributed by atoms with Crippen molar-refractivity contribution in [3.8, 4) is 5.75 Å². The summed E-state index contributed by atoms with van der Waals surface area (Å²) in [6.07, 6.45) is 4.18. The van der Waals surface area contributed by atoms with Crippen molar-refractivity contribution in [1.82, 2.24) is 25.2 Å². The molecule has 0 saturated carbocycles. The van der Waals surface area contributed by atoms with Crippen LogP contribution in [0, 0.1) is 0 Å². The lowest BCUT2D eigenvalue weighted by molar-refractivity contribution is 0.475. The van der Waals surface area contributed by atoms with Crippen molar-refractivity contribution in [1.29, 1.82) is 0 Å². The molecule has 144 valence electrons. The van der Waals surface area contributed by atoms with Gasteiger partial charge in [0.2, 0.25) is 0 Å². The van der Waals surface area contributed by atoms with E-state index < -0.39 is 0 Å². The van der Waals surface area contributed by atoms with E-state index in [-0.39, 0.29) is 18.0 Å². The van der Waals surface area contributed by atoms with Crippen LogP contribution in [0.1, 0.15) is 37.3 Å². The molecule has 3 heterocycles. The van der Waals surface area contributed by atoms with Crippen LogP contribution in [-0.4, -0.2) is 26.2 Å². The van der Waals surface area contributed by atoms with Crippen LogP contribution in [0.5, 0.6) is 5.75 Å². The number of nitrogens with one attached hydrogen (secondary N) is 2. The van der Waals surface area contributed by atoms with Crippen LogP contribution in [0.2, 0.25) is 0 Å². The van der Waals surface area contributed by atoms with E-state index in [1.807, 2.05) is 36.7 Å². The first-order valence-electron chi connectivity index (χ1n) is 9.46. The Kier molecular flexibility index (Phi) is 4.97. The van der Waals surface area contributed by atoms with E-state index in [1.54, 1.807) is 18.3 Å². The predicted octanol–water partition coefficient (Wildman–Crippen LogP) is 1.38. The Bertz CT molecular complexity index is 1060. The van der Waals surface area contributed by atoms with Gasteiger partial charge in [0.25, 0.3) is 0 Å². The van der Waals surface area contributed by atoms with E-state index in [0.29, 0.717) is 0 Å². The second kappa shape index (κ2) is 7.72. The number of rotatable bonds is 6. The van der Waals surface area contributed by atoms with Crippen LogP contribution in [0.3, 0.4) is 0 Å². The summed E-state index contributed by atoms with van der Waals surface area (Å²) in [5, 5.41) is 17.2. The lowest BCUT2D eigenvalue weighted by atomic mass is 10.1. The number of aromatic hydroxyl groups is 1. The zero-order valence-corrected chi connectivity index (χ0v) is 16.0. The van der Waals surface area contributed by atoms with Crippen molar-refractivity contribution in [3.05, 3.63) is 77.1 Å². The van der Waals surface area contributed by atoms with Crippen LogP contribution in [0.15, 0.2) is 60.0 Å². The molecule has 1 aromatic carbocycles. The zero-order valence-electron chi connectivity index (χ0n) is 16.0. The molecule has 0 spiro atoms. The molecule has 4 rings (SSSR count). The molecule has 2 aromatic heterocycles. The van der Waals surface area contributed by atoms with Gasteiger partial charge >= 0.3 is 0 Å². The van der Waals surface area contributed by atoms with Crippen LogP contribution < -0.4 is 21.5 Å². The maximum atomic E-state index is 9.42. The molecular weight excluding hydrogens is 352 g/mol. The highest BCUT2D eigenvalue weighted by molar-refractivity contribution is 5.40. The minimum atomic E-state index is -0.265. The predicted molar refractivity (Wildman–Crippen MR) is 107 cm³/mol. The molecule has 3 N–H and O–H groups in total. The van der Waals surface area contributed by atoms with Gasteiger partial charge in [0, 0.05) is 18.8 Å². The highest BCUT2D eigenvalue weighted by atomic mass is 16.3. The third kappa shape index (κ3) is 3.69. The highest BCUT2D eigenvalue weighted by Crippen LogP contribution is 2.14. The van der Waals surface area contributed by atoms with E-state index in [2.05, 4.69) is 39.0 Å². The molecule has 7 heteroatoms. The summed E-state index contributed by atoms with van der Waals surface area (Å²) in [7, 11) is 0. The third-order valence-corrected chi connectivity index (χ3v) is 4.71. The number of benzene rings is 1. The van der Waals surface area contributed by atoms with Crippen molar-refractivity contribution >= 4 is 5.82 Å². The fourth-order valence-corrected chi connectivity index (χ4v) is 3.20. The molecule has 0 amide bonds. The van der Waals surface area contributed by atoms with E-state index >= 15 is 0 Å². The molecule has 3 aromatic rings. The topological polar surface area (TPSA) is 87.4 Å². The van der Waals surface area contributed by atoms with Crippen molar-refractivity contribution in [3.63, 3.8) is 0 Å². The molecule has 1 atom stereocenters. The number of hydrogen-bond donors (Lipinski definition) is 3. The number of fused-ring (bicyclic) bond motifs is 1. The largest absolute Gasteiger partial charge is 0.508 e. The lowest BCUT2D eigenvalue weighted by Crippen LogP contribution is -2.47. The van der Waals surface area contributed by atoms with Gasteiger partial charge in [-0.15, -0.1) is 0 Å². The van der Waals surface area contributed by atoms with Crippen molar-refractivity contribution in [2.24, 2.45) is 4.99 Å². The van der Waals surface area contributed by atoms with Gasteiger partial charge in [0.05, 0.1) is 12.0 Å². The molecule has 0 radical (unpaired) electrons. The first kappa shape index (κ1) is 18.0. The number of hydrogen-bond acceptors (Lipinski definition) is 6. The first-order chi connectivity index (χ1) is 13.6. The second-order valence-corrected chi connectivity index (χ2v) is 7.07. The summed E-state index contributed by atoms with van der Waals surface area (Å²) in [5.74, 6) is 1.14. The fraction of sp³-hybridized carbons (Fsp3) is 0.286. The molecular formula is C21H24N6O. The molecule has 1 aliphatic rings. The molecule has 1 aliphatic heterocycles. The Hall–Kier alpha value is -3.35. The quantitative estimate of drug-likeness (QED) is 0.605. The standard InChI is InChI=1S/C21H24N6O/c1-14(2)27-13-24-18-20(23-12-10-15-6-8-16(28)9-7-15)25-19(26-21(18)27)17-5-3-4-11-22-17/h3-9,11,13-14,19,23,25,28H,10,12H2,1-2H3. The summed E-state index contributed by atoms with van der Waals surface area (Å²) >= 11 is 0. The number of nitrogens with zero attached hydrogens (tertiary/aromatic N) is 4. The van der Waals surface area contributed by atoms with Crippen LogP contribution in [-0.2, 0) is 6.42 Å². The molecule has 0 aliphatic carbocycles. The normalized spacial score (nSPS) is 15.7. The Morgan fingerprint density at radius 3 is 2.68 bits per heavy atom. The number of imidazole rings is 1. The van der Waals surface area contributed by atoms with Crippen LogP contribution >= 0.6 is 0 Å². The van der Waals surface area contributed by atoms with Gasteiger partial charge in [0.1, 0.15) is 16.9 Å². The Labute approximate surface area is 163 Å². The summed E-state index contributed by atoms with van der Waals surface area (Å²) in [5.41, 5.74) is 2.87. The number of aromatic nitrogens is 3. The minimum absolute atomic E-state index is 0.265. The Morgan fingerprint density at radius 1 is 1.14 bits per heavy atom. The van der Waals surface area contributed by atoms with Gasteiger partial charge in [-0.3, -0.25) is 4.98 Å². The average Bonchev–Trinajstić information content (AvgIpc) is 3.14. The molecule has 28 heavy (non-hydrogen) atoms. The van der Waals surface area contributed by atoms with Crippen molar-refractivity contribution in [2.45, 2.75) is 32.5 Å². The molecule has 0 saturated heterocycles. The van der Waals surface area contributed by atoms with E-state index in [1.165, 1.54) is 0 Å². The fourth-order valence-electron chi connectivity index (χ4n) is 3.20. The highest BCUT2D eigenvalue weighted by Gasteiger charge is 2.20. The number of phenolic OH excluding ortho intramolecular Hbond substituents is 1. The van der Waals surface area contributed by atoms with Gasteiger partial charge < -0.3 is 20.3 Å². The maximum Gasteiger partial charge on any atom is 0.165 e. The second-order valence-electron chi connectivity index (χ2n) is 7.07. The third-order valence-electron chi connectivity index (χ3n) is 4.71. The molecule has 0 bridgehead atoms. The summed E-state index contributed by atoms with van der Waals surface area (Å²) in [6, 6.07) is 13.4. The van der Waals surface area contributed by atoms with Gasteiger partial charge in [-0.25, -0.2) is 9.98 Å². The summed E-state index contributed by atoms with van der Waals surface area (Å²) in [4.78, 5) is 13.9.